The van der Waals surface area contributed by atoms with Crippen LogP contribution in [0.1, 0.15) is 29.6 Å². The first-order valence-electron chi connectivity index (χ1n) is 7.62. The fraction of sp³-hybridized carbons (Fsp3) is 0.278. The summed E-state index contributed by atoms with van der Waals surface area (Å²) in [4.78, 5) is 17.3. The van der Waals surface area contributed by atoms with E-state index in [0.29, 0.717) is 11.1 Å². The third-order valence-electron chi connectivity index (χ3n) is 4.18. The summed E-state index contributed by atoms with van der Waals surface area (Å²) in [7, 11) is 1.78. The number of amides is 1. The molecule has 1 aromatic carbocycles. The molecule has 0 fully saturated rings. The average Bonchev–Trinajstić information content (AvgIpc) is 3.19. The summed E-state index contributed by atoms with van der Waals surface area (Å²) >= 11 is 0. The maximum absolute atomic E-state index is 13.3. The van der Waals surface area contributed by atoms with E-state index in [4.69, 9.17) is 4.42 Å². The van der Waals surface area contributed by atoms with Crippen molar-refractivity contribution in [3.05, 3.63) is 59.9 Å². The number of carbonyl (C=O) groups excluding carboxylic acids is 1. The number of aromatic amines is 1. The largest absolute Gasteiger partial charge is 0.469 e. The Morgan fingerprint density at radius 2 is 2.17 bits per heavy atom. The molecule has 0 radical (unpaired) electrons. The van der Waals surface area contributed by atoms with Gasteiger partial charge in [-0.2, -0.15) is 0 Å². The molecule has 0 bridgehead atoms. The molecule has 1 atom stereocenters. The number of aryl methyl sites for hydroxylation is 1. The third-order valence-corrected chi connectivity index (χ3v) is 4.18. The van der Waals surface area contributed by atoms with Crippen molar-refractivity contribution in [3.63, 3.8) is 0 Å². The lowest BCUT2D eigenvalue weighted by atomic mass is 10.1. The van der Waals surface area contributed by atoms with Gasteiger partial charge in [0, 0.05) is 30.4 Å². The summed E-state index contributed by atoms with van der Waals surface area (Å²) in [5.41, 5.74) is 1.23. The van der Waals surface area contributed by atoms with E-state index < -0.39 is 0 Å². The number of hydrogen-bond acceptors (Lipinski definition) is 2. The van der Waals surface area contributed by atoms with Crippen molar-refractivity contribution in [3.8, 4) is 0 Å². The van der Waals surface area contributed by atoms with Gasteiger partial charge in [-0.15, -0.1) is 0 Å². The van der Waals surface area contributed by atoms with E-state index in [9.17, 15) is 9.18 Å². The first kappa shape index (κ1) is 15.3. The molecule has 0 aliphatic rings. The summed E-state index contributed by atoms with van der Waals surface area (Å²) in [5, 5.41) is 0.699. The van der Waals surface area contributed by atoms with Crippen molar-refractivity contribution in [1.29, 1.82) is 0 Å². The molecule has 1 unspecified atom stereocenters. The maximum Gasteiger partial charge on any atom is 0.270 e. The van der Waals surface area contributed by atoms with E-state index in [1.807, 2.05) is 19.1 Å². The van der Waals surface area contributed by atoms with Gasteiger partial charge in [0.05, 0.1) is 6.26 Å². The van der Waals surface area contributed by atoms with Gasteiger partial charge in [-0.3, -0.25) is 4.79 Å². The van der Waals surface area contributed by atoms with Crippen molar-refractivity contribution in [2.24, 2.45) is 0 Å². The predicted octanol–water partition coefficient (Wildman–Crippen LogP) is 3.99. The maximum atomic E-state index is 13.3. The van der Waals surface area contributed by atoms with Gasteiger partial charge in [-0.05, 0) is 49.7 Å². The van der Waals surface area contributed by atoms with Crippen LogP contribution in [-0.2, 0) is 6.42 Å². The zero-order valence-corrected chi connectivity index (χ0v) is 13.2. The number of carbonyl (C=O) groups is 1. The minimum Gasteiger partial charge on any atom is -0.469 e. The van der Waals surface area contributed by atoms with Crippen LogP contribution in [0.4, 0.5) is 4.39 Å². The molecule has 2 heterocycles. The Balaban J connectivity index is 1.69. The van der Waals surface area contributed by atoms with E-state index in [-0.39, 0.29) is 17.8 Å². The van der Waals surface area contributed by atoms with Crippen LogP contribution in [0.2, 0.25) is 0 Å². The second kappa shape index (κ2) is 6.28. The Bertz CT molecular complexity index is 808. The Labute approximate surface area is 133 Å². The van der Waals surface area contributed by atoms with Gasteiger partial charge in [0.1, 0.15) is 17.3 Å². The first-order chi connectivity index (χ1) is 11.0. The molecular weight excluding hydrogens is 295 g/mol. The number of fused-ring (bicyclic) bond motifs is 1. The number of rotatable bonds is 5. The highest BCUT2D eigenvalue weighted by Gasteiger charge is 2.19. The molecule has 5 heteroatoms. The van der Waals surface area contributed by atoms with Crippen LogP contribution in [0.25, 0.3) is 10.9 Å². The first-order valence-corrected chi connectivity index (χ1v) is 7.62. The lowest BCUT2D eigenvalue weighted by Crippen LogP contribution is -2.35. The van der Waals surface area contributed by atoms with E-state index in [1.165, 1.54) is 12.1 Å². The third kappa shape index (κ3) is 3.28. The Morgan fingerprint density at radius 1 is 1.35 bits per heavy atom. The molecule has 0 saturated heterocycles. The highest BCUT2D eigenvalue weighted by Crippen LogP contribution is 2.19. The number of halogens is 1. The van der Waals surface area contributed by atoms with Crippen LogP contribution in [0.5, 0.6) is 0 Å². The van der Waals surface area contributed by atoms with E-state index >= 15 is 0 Å². The van der Waals surface area contributed by atoms with E-state index in [2.05, 4.69) is 4.98 Å². The van der Waals surface area contributed by atoms with Crippen LogP contribution in [0.15, 0.2) is 47.1 Å². The minimum absolute atomic E-state index is 0.0655. The van der Waals surface area contributed by atoms with Gasteiger partial charge in [-0.1, -0.05) is 0 Å². The van der Waals surface area contributed by atoms with Crippen molar-refractivity contribution in [1.82, 2.24) is 9.88 Å². The van der Waals surface area contributed by atoms with Crippen molar-refractivity contribution < 1.29 is 13.6 Å². The summed E-state index contributed by atoms with van der Waals surface area (Å²) in [6, 6.07) is 9.99. The molecule has 2 aromatic heterocycles. The molecule has 0 aliphatic carbocycles. The Hall–Kier alpha value is -2.56. The summed E-state index contributed by atoms with van der Waals surface area (Å²) in [6.07, 6.45) is 3.24. The topological polar surface area (TPSA) is 49.2 Å². The molecule has 1 N–H and O–H groups in total. The fourth-order valence-corrected chi connectivity index (χ4v) is 2.61. The lowest BCUT2D eigenvalue weighted by Gasteiger charge is -2.24. The molecular formula is C18H19FN2O2. The lowest BCUT2D eigenvalue weighted by molar-refractivity contribution is 0.0731. The highest BCUT2D eigenvalue weighted by molar-refractivity contribution is 5.98. The monoisotopic (exact) mass is 314 g/mol. The van der Waals surface area contributed by atoms with Crippen LogP contribution >= 0.6 is 0 Å². The second-order valence-electron chi connectivity index (χ2n) is 5.80. The quantitative estimate of drug-likeness (QED) is 0.774. The SMILES string of the molecule is CC(CCc1ccco1)N(C)C(=O)c1cc2cc(F)ccc2[nH]1. The second-order valence-corrected chi connectivity index (χ2v) is 5.80. The summed E-state index contributed by atoms with van der Waals surface area (Å²) in [5.74, 6) is 0.503. The number of H-pyrrole nitrogens is 1. The molecule has 1 amide bonds. The zero-order chi connectivity index (χ0) is 16.4. The van der Waals surface area contributed by atoms with Gasteiger partial charge >= 0.3 is 0 Å². The molecule has 3 aromatic rings. The number of aromatic nitrogens is 1. The van der Waals surface area contributed by atoms with Crippen molar-refractivity contribution >= 4 is 16.8 Å². The van der Waals surface area contributed by atoms with Gasteiger partial charge in [0.15, 0.2) is 0 Å². The zero-order valence-electron chi connectivity index (χ0n) is 13.2. The normalized spacial score (nSPS) is 12.5. The number of hydrogen-bond donors (Lipinski definition) is 1. The number of furan rings is 1. The average molecular weight is 314 g/mol. The fourth-order valence-electron chi connectivity index (χ4n) is 2.61. The molecule has 0 spiro atoms. The number of benzene rings is 1. The van der Waals surface area contributed by atoms with Crippen LogP contribution in [-0.4, -0.2) is 28.9 Å². The number of nitrogens with zero attached hydrogens (tertiary/aromatic N) is 1. The Kier molecular flexibility index (Phi) is 4.19. The highest BCUT2D eigenvalue weighted by atomic mass is 19.1. The standard InChI is InChI=1S/C18H19FN2O2/c1-12(5-7-15-4-3-9-23-15)21(2)18(22)17-11-13-10-14(19)6-8-16(13)20-17/h3-4,6,8-12,20H,5,7H2,1-2H3. The molecule has 0 saturated carbocycles. The van der Waals surface area contributed by atoms with Crippen LogP contribution < -0.4 is 0 Å². The van der Waals surface area contributed by atoms with Crippen molar-refractivity contribution in [2.45, 2.75) is 25.8 Å². The van der Waals surface area contributed by atoms with Crippen LogP contribution in [0, 0.1) is 5.82 Å². The molecule has 0 aliphatic heterocycles. The summed E-state index contributed by atoms with van der Waals surface area (Å²) < 4.78 is 18.6. The van der Waals surface area contributed by atoms with Crippen molar-refractivity contribution in [2.75, 3.05) is 7.05 Å². The van der Waals surface area contributed by atoms with Gasteiger partial charge < -0.3 is 14.3 Å². The Morgan fingerprint density at radius 3 is 2.91 bits per heavy atom. The van der Waals surface area contributed by atoms with E-state index in [0.717, 1.165) is 24.1 Å². The number of nitrogens with one attached hydrogen (secondary N) is 1. The molecule has 3 rings (SSSR count). The van der Waals surface area contributed by atoms with Gasteiger partial charge in [0.25, 0.3) is 5.91 Å². The predicted molar refractivity (Wildman–Crippen MR) is 86.8 cm³/mol. The van der Waals surface area contributed by atoms with E-state index in [1.54, 1.807) is 30.3 Å². The smallest absolute Gasteiger partial charge is 0.270 e. The van der Waals surface area contributed by atoms with Gasteiger partial charge in [0.2, 0.25) is 0 Å². The van der Waals surface area contributed by atoms with Gasteiger partial charge in [-0.25, -0.2) is 4.39 Å². The minimum atomic E-state index is -0.310. The van der Waals surface area contributed by atoms with Crippen LogP contribution in [0.3, 0.4) is 0 Å². The molecule has 4 nitrogen and oxygen atoms in total. The summed E-state index contributed by atoms with van der Waals surface area (Å²) in [6.45, 7) is 2.00. The molecule has 120 valence electrons. The molecule has 23 heavy (non-hydrogen) atoms.